The number of tetrazole rings is 1. The molecule has 1 aliphatic rings. The first-order valence-electron chi connectivity index (χ1n) is 7.99. The summed E-state index contributed by atoms with van der Waals surface area (Å²) in [5.41, 5.74) is 0.787. The fourth-order valence-electron chi connectivity index (χ4n) is 2.55. The van der Waals surface area contributed by atoms with Gasteiger partial charge in [-0.2, -0.15) is 9.78 Å². The molecule has 1 aliphatic carbocycles. The van der Waals surface area contributed by atoms with Gasteiger partial charge in [0, 0.05) is 5.54 Å². The molecule has 0 saturated heterocycles. The maximum absolute atomic E-state index is 12.6. The van der Waals surface area contributed by atoms with E-state index in [0.717, 1.165) is 12.8 Å². The molecule has 3 aromatic heterocycles. The Hall–Kier alpha value is -3.04. The third-order valence-corrected chi connectivity index (χ3v) is 4.17. The predicted octanol–water partition coefficient (Wildman–Crippen LogP) is 0.949. The normalized spacial score (nSPS) is 15.3. The molecule has 0 aromatic carbocycles. The van der Waals surface area contributed by atoms with Crippen molar-refractivity contribution in [2.75, 3.05) is 5.32 Å². The lowest BCUT2D eigenvalue weighted by Gasteiger charge is -2.13. The molecule has 3 aromatic rings. The first-order chi connectivity index (χ1) is 11.9. The van der Waals surface area contributed by atoms with Gasteiger partial charge in [0.05, 0.1) is 24.5 Å². The number of carbonyl (C=O) groups excluding carboxylic acids is 1. The summed E-state index contributed by atoms with van der Waals surface area (Å²) in [5, 5.41) is 18.4. The van der Waals surface area contributed by atoms with E-state index >= 15 is 0 Å². The Kier molecular flexibility index (Phi) is 3.41. The van der Waals surface area contributed by atoms with E-state index in [0.29, 0.717) is 34.1 Å². The van der Waals surface area contributed by atoms with E-state index < -0.39 is 0 Å². The molecular formula is C15H18N8O2. The van der Waals surface area contributed by atoms with Crippen molar-refractivity contribution in [2.45, 2.75) is 38.8 Å². The first kappa shape index (κ1) is 15.5. The SMILES string of the molecule is Cc1nc(NC2(C)CC2)c2c(C(=O)NCc3nnn(C)n3)coc2n1. The van der Waals surface area contributed by atoms with Crippen LogP contribution in [0.4, 0.5) is 5.82 Å². The van der Waals surface area contributed by atoms with Gasteiger partial charge in [0.1, 0.15) is 17.9 Å². The molecule has 0 atom stereocenters. The topological polar surface area (TPSA) is 124 Å². The van der Waals surface area contributed by atoms with Crippen molar-refractivity contribution in [3.63, 3.8) is 0 Å². The minimum Gasteiger partial charge on any atom is -0.445 e. The van der Waals surface area contributed by atoms with Crippen LogP contribution in [0.5, 0.6) is 0 Å². The average Bonchev–Trinajstić information content (AvgIpc) is 2.97. The summed E-state index contributed by atoms with van der Waals surface area (Å²) < 4.78 is 5.48. The fraction of sp³-hybridized carbons (Fsp3) is 0.467. The second-order valence-corrected chi connectivity index (χ2v) is 6.51. The molecule has 1 saturated carbocycles. The second kappa shape index (κ2) is 5.50. The Labute approximate surface area is 143 Å². The standard InChI is InChI=1S/C15H18N8O2/c1-8-17-12(19-15(2)4-5-15)11-9(7-25-14(11)18-8)13(24)16-6-10-20-22-23(3)21-10/h7H,4-6H2,1-3H3,(H,16,24)(H,17,18,19). The highest BCUT2D eigenvalue weighted by Gasteiger charge is 2.38. The molecule has 0 aliphatic heterocycles. The average molecular weight is 342 g/mol. The van der Waals surface area contributed by atoms with E-state index in [1.165, 1.54) is 11.1 Å². The molecular weight excluding hydrogens is 324 g/mol. The van der Waals surface area contributed by atoms with Gasteiger partial charge in [-0.25, -0.2) is 4.98 Å². The quantitative estimate of drug-likeness (QED) is 0.702. The highest BCUT2D eigenvalue weighted by atomic mass is 16.3. The summed E-state index contributed by atoms with van der Waals surface area (Å²) in [6.45, 7) is 4.09. The summed E-state index contributed by atoms with van der Waals surface area (Å²) in [6.07, 6.45) is 3.53. The molecule has 130 valence electrons. The molecule has 3 heterocycles. The number of aryl methyl sites for hydroxylation is 2. The van der Waals surface area contributed by atoms with Crippen molar-refractivity contribution in [1.29, 1.82) is 0 Å². The van der Waals surface area contributed by atoms with E-state index in [2.05, 4.69) is 42.9 Å². The maximum Gasteiger partial charge on any atom is 0.255 e. The lowest BCUT2D eigenvalue weighted by atomic mass is 10.2. The molecule has 1 fully saturated rings. The molecule has 0 unspecified atom stereocenters. The molecule has 0 radical (unpaired) electrons. The predicted molar refractivity (Wildman–Crippen MR) is 87.8 cm³/mol. The van der Waals surface area contributed by atoms with Gasteiger partial charge in [0.2, 0.25) is 5.71 Å². The molecule has 25 heavy (non-hydrogen) atoms. The number of nitrogens with one attached hydrogen (secondary N) is 2. The number of aromatic nitrogens is 6. The van der Waals surface area contributed by atoms with E-state index in [1.807, 2.05) is 0 Å². The highest BCUT2D eigenvalue weighted by Crippen LogP contribution is 2.39. The monoisotopic (exact) mass is 342 g/mol. The third kappa shape index (κ3) is 3.02. The van der Waals surface area contributed by atoms with Gasteiger partial charge in [-0.1, -0.05) is 0 Å². The molecule has 4 rings (SSSR count). The zero-order valence-electron chi connectivity index (χ0n) is 14.2. The van der Waals surface area contributed by atoms with E-state index in [-0.39, 0.29) is 18.0 Å². The van der Waals surface area contributed by atoms with Gasteiger partial charge < -0.3 is 15.1 Å². The highest BCUT2D eigenvalue weighted by molar-refractivity contribution is 6.08. The van der Waals surface area contributed by atoms with Crippen LogP contribution in [0.15, 0.2) is 10.7 Å². The van der Waals surface area contributed by atoms with E-state index in [4.69, 9.17) is 4.42 Å². The number of nitrogens with zero attached hydrogens (tertiary/aromatic N) is 6. The summed E-state index contributed by atoms with van der Waals surface area (Å²) in [5.74, 6) is 1.34. The van der Waals surface area contributed by atoms with E-state index in [1.54, 1.807) is 14.0 Å². The van der Waals surface area contributed by atoms with Gasteiger partial charge in [-0.15, -0.1) is 10.2 Å². The molecule has 2 N–H and O–H groups in total. The van der Waals surface area contributed by atoms with Crippen molar-refractivity contribution in [3.8, 4) is 0 Å². The van der Waals surface area contributed by atoms with Gasteiger partial charge in [0.25, 0.3) is 5.91 Å². The summed E-state index contributed by atoms with van der Waals surface area (Å²) in [7, 11) is 1.66. The lowest BCUT2D eigenvalue weighted by Crippen LogP contribution is -2.24. The Morgan fingerprint density at radius 2 is 2.20 bits per heavy atom. The van der Waals surface area contributed by atoms with Crippen LogP contribution in [0, 0.1) is 6.92 Å². The van der Waals surface area contributed by atoms with Gasteiger partial charge in [-0.3, -0.25) is 4.79 Å². The van der Waals surface area contributed by atoms with Crippen molar-refractivity contribution in [2.24, 2.45) is 7.05 Å². The molecule has 1 amide bonds. The molecule has 10 nitrogen and oxygen atoms in total. The van der Waals surface area contributed by atoms with Crippen molar-refractivity contribution in [1.82, 2.24) is 35.5 Å². The van der Waals surface area contributed by atoms with Gasteiger partial charge in [0.15, 0.2) is 5.82 Å². The number of anilines is 1. The summed E-state index contributed by atoms with van der Waals surface area (Å²) in [6, 6.07) is 0. The van der Waals surface area contributed by atoms with Crippen molar-refractivity contribution < 1.29 is 9.21 Å². The van der Waals surface area contributed by atoms with Crippen LogP contribution in [0.2, 0.25) is 0 Å². The van der Waals surface area contributed by atoms with Crippen LogP contribution < -0.4 is 10.6 Å². The number of amides is 1. The van der Waals surface area contributed by atoms with Crippen LogP contribution in [0.25, 0.3) is 11.1 Å². The van der Waals surface area contributed by atoms with Crippen molar-refractivity contribution >= 4 is 22.8 Å². The number of carbonyl (C=O) groups is 1. The van der Waals surface area contributed by atoms with Crippen LogP contribution >= 0.6 is 0 Å². The number of fused-ring (bicyclic) bond motifs is 1. The van der Waals surface area contributed by atoms with Crippen LogP contribution in [0.1, 0.15) is 41.8 Å². The fourth-order valence-corrected chi connectivity index (χ4v) is 2.55. The van der Waals surface area contributed by atoms with Gasteiger partial charge in [-0.05, 0) is 31.9 Å². The number of furan rings is 1. The Morgan fingerprint density at radius 3 is 2.88 bits per heavy atom. The second-order valence-electron chi connectivity index (χ2n) is 6.51. The zero-order chi connectivity index (χ0) is 17.6. The maximum atomic E-state index is 12.6. The van der Waals surface area contributed by atoms with Gasteiger partial charge >= 0.3 is 0 Å². The third-order valence-electron chi connectivity index (χ3n) is 4.17. The van der Waals surface area contributed by atoms with Crippen LogP contribution in [-0.2, 0) is 13.6 Å². The first-order valence-corrected chi connectivity index (χ1v) is 7.99. The molecule has 10 heteroatoms. The zero-order valence-corrected chi connectivity index (χ0v) is 14.2. The van der Waals surface area contributed by atoms with Crippen LogP contribution in [0.3, 0.4) is 0 Å². The summed E-state index contributed by atoms with van der Waals surface area (Å²) in [4.78, 5) is 22.7. The number of hydrogen-bond donors (Lipinski definition) is 2. The lowest BCUT2D eigenvalue weighted by molar-refractivity contribution is 0.0950. The Morgan fingerprint density at radius 1 is 1.40 bits per heavy atom. The van der Waals surface area contributed by atoms with E-state index in [9.17, 15) is 4.79 Å². The Bertz CT molecular complexity index is 956. The van der Waals surface area contributed by atoms with Crippen molar-refractivity contribution in [3.05, 3.63) is 23.5 Å². The molecule has 0 spiro atoms. The number of hydrogen-bond acceptors (Lipinski definition) is 8. The smallest absolute Gasteiger partial charge is 0.255 e. The summed E-state index contributed by atoms with van der Waals surface area (Å²) >= 11 is 0. The Balaban J connectivity index is 1.63. The van der Waals surface area contributed by atoms with Crippen LogP contribution in [-0.4, -0.2) is 41.6 Å². The largest absolute Gasteiger partial charge is 0.445 e. The molecule has 0 bridgehead atoms. The minimum absolute atomic E-state index is 0.0162. The minimum atomic E-state index is -0.303. The number of rotatable bonds is 5.